The molecule has 0 bridgehead atoms. The summed E-state index contributed by atoms with van der Waals surface area (Å²) in [7, 11) is 0. The maximum atomic E-state index is 13.2. The van der Waals surface area contributed by atoms with E-state index in [0.717, 1.165) is 12.5 Å². The average molecular weight is 267 g/mol. The fourth-order valence-electron chi connectivity index (χ4n) is 3.46. The van der Waals surface area contributed by atoms with Gasteiger partial charge in [-0.2, -0.15) is 0 Å². The van der Waals surface area contributed by atoms with Gasteiger partial charge in [0.05, 0.1) is 0 Å². The smallest absolute Gasteiger partial charge is 0.126 e. The first-order valence-corrected chi connectivity index (χ1v) is 7.09. The first-order valence-electron chi connectivity index (χ1n) is 7.09. The fourth-order valence-corrected chi connectivity index (χ4v) is 3.46. The normalized spacial score (nSPS) is 24.2. The Morgan fingerprint density at radius 1 is 1.21 bits per heavy atom. The van der Waals surface area contributed by atoms with Crippen LogP contribution >= 0.6 is 0 Å². The van der Waals surface area contributed by atoms with Crippen LogP contribution in [0.5, 0.6) is 0 Å². The molecule has 3 heteroatoms. The molecule has 1 aromatic rings. The minimum atomic E-state index is -0.523. The summed E-state index contributed by atoms with van der Waals surface area (Å²) in [6.45, 7) is 4.51. The molecule has 1 aliphatic rings. The maximum absolute atomic E-state index is 13.2. The summed E-state index contributed by atoms with van der Waals surface area (Å²) in [5, 5.41) is 0. The van der Waals surface area contributed by atoms with E-state index in [4.69, 9.17) is 5.73 Å². The van der Waals surface area contributed by atoms with Crippen LogP contribution in [0, 0.1) is 23.0 Å². The van der Waals surface area contributed by atoms with Crippen molar-refractivity contribution in [3.8, 4) is 0 Å². The molecule has 0 aliphatic heterocycles. The van der Waals surface area contributed by atoms with Crippen LogP contribution in [0.4, 0.5) is 8.78 Å². The van der Waals surface area contributed by atoms with Crippen LogP contribution in [-0.2, 0) is 6.42 Å². The lowest BCUT2D eigenvalue weighted by atomic mass is 9.65. The van der Waals surface area contributed by atoms with Gasteiger partial charge in [0.25, 0.3) is 0 Å². The summed E-state index contributed by atoms with van der Waals surface area (Å²) in [6, 6.07) is 3.65. The van der Waals surface area contributed by atoms with E-state index in [1.807, 2.05) is 0 Å². The molecule has 0 saturated heterocycles. The molecular weight excluding hydrogens is 244 g/mol. The molecule has 2 rings (SSSR count). The van der Waals surface area contributed by atoms with Gasteiger partial charge in [-0.25, -0.2) is 8.78 Å². The van der Waals surface area contributed by atoms with Crippen molar-refractivity contribution in [2.75, 3.05) is 0 Å². The fraction of sp³-hybridized carbons (Fsp3) is 0.625. The topological polar surface area (TPSA) is 26.0 Å². The van der Waals surface area contributed by atoms with Crippen LogP contribution in [0.25, 0.3) is 0 Å². The van der Waals surface area contributed by atoms with E-state index in [0.29, 0.717) is 17.9 Å². The van der Waals surface area contributed by atoms with Gasteiger partial charge < -0.3 is 5.73 Å². The van der Waals surface area contributed by atoms with Crippen molar-refractivity contribution in [2.45, 2.75) is 52.0 Å². The lowest BCUT2D eigenvalue weighted by molar-refractivity contribution is 0.112. The van der Waals surface area contributed by atoms with Crippen molar-refractivity contribution in [1.82, 2.24) is 0 Å². The number of benzene rings is 1. The molecule has 2 unspecified atom stereocenters. The Hall–Kier alpha value is -0.960. The lowest BCUT2D eigenvalue weighted by Gasteiger charge is -2.42. The minimum absolute atomic E-state index is 0.0310. The van der Waals surface area contributed by atoms with E-state index in [-0.39, 0.29) is 11.5 Å². The van der Waals surface area contributed by atoms with Crippen LogP contribution in [-0.4, -0.2) is 6.04 Å². The van der Waals surface area contributed by atoms with E-state index >= 15 is 0 Å². The third kappa shape index (κ3) is 3.53. The van der Waals surface area contributed by atoms with Crippen LogP contribution in [0.1, 0.15) is 45.1 Å². The number of nitrogens with two attached hydrogens (primary N) is 1. The maximum Gasteiger partial charge on any atom is 0.126 e. The largest absolute Gasteiger partial charge is 0.327 e. The Labute approximate surface area is 114 Å². The Morgan fingerprint density at radius 2 is 1.84 bits per heavy atom. The van der Waals surface area contributed by atoms with Crippen LogP contribution in [0.3, 0.4) is 0 Å². The van der Waals surface area contributed by atoms with Gasteiger partial charge in [-0.3, -0.25) is 0 Å². The van der Waals surface area contributed by atoms with Gasteiger partial charge in [-0.05, 0) is 48.3 Å². The second kappa shape index (κ2) is 5.58. The van der Waals surface area contributed by atoms with Gasteiger partial charge >= 0.3 is 0 Å². The van der Waals surface area contributed by atoms with Crippen molar-refractivity contribution in [2.24, 2.45) is 17.1 Å². The third-order valence-corrected chi connectivity index (χ3v) is 4.50. The average Bonchev–Trinajstić information content (AvgIpc) is 2.26. The van der Waals surface area contributed by atoms with E-state index in [9.17, 15) is 8.78 Å². The summed E-state index contributed by atoms with van der Waals surface area (Å²) in [6.07, 6.45) is 5.31. The highest BCUT2D eigenvalue weighted by molar-refractivity contribution is 5.19. The summed E-state index contributed by atoms with van der Waals surface area (Å²) in [5.41, 5.74) is 7.20. The van der Waals surface area contributed by atoms with Crippen molar-refractivity contribution in [3.63, 3.8) is 0 Å². The molecule has 0 radical (unpaired) electrons. The summed E-state index contributed by atoms with van der Waals surface area (Å²) >= 11 is 0. The molecule has 106 valence electrons. The van der Waals surface area contributed by atoms with Gasteiger partial charge in [0.15, 0.2) is 0 Å². The van der Waals surface area contributed by atoms with Crippen molar-refractivity contribution >= 4 is 0 Å². The first-order chi connectivity index (χ1) is 8.88. The van der Waals surface area contributed by atoms with E-state index in [2.05, 4.69) is 13.8 Å². The lowest BCUT2D eigenvalue weighted by Crippen LogP contribution is -2.43. The van der Waals surface area contributed by atoms with E-state index in [1.54, 1.807) is 0 Å². The number of hydrogen-bond acceptors (Lipinski definition) is 1. The molecule has 0 amide bonds. The molecule has 0 heterocycles. The molecule has 2 atom stereocenters. The molecular formula is C16H23F2N. The summed E-state index contributed by atoms with van der Waals surface area (Å²) in [4.78, 5) is 0. The van der Waals surface area contributed by atoms with E-state index < -0.39 is 11.6 Å². The highest BCUT2D eigenvalue weighted by Gasteiger charge is 2.35. The molecule has 1 saturated carbocycles. The van der Waals surface area contributed by atoms with Gasteiger partial charge in [0, 0.05) is 12.1 Å². The Morgan fingerprint density at radius 3 is 2.42 bits per heavy atom. The number of halogens is 2. The Bertz CT molecular complexity index is 422. The SMILES string of the molecule is CC1(C)CCCCC1C(N)Cc1cc(F)cc(F)c1. The molecule has 1 aliphatic carbocycles. The van der Waals surface area contributed by atoms with Gasteiger partial charge in [-0.15, -0.1) is 0 Å². The first kappa shape index (κ1) is 14.4. The number of rotatable bonds is 3. The highest BCUT2D eigenvalue weighted by Crippen LogP contribution is 2.42. The Balaban J connectivity index is 2.09. The zero-order valence-corrected chi connectivity index (χ0v) is 11.8. The number of hydrogen-bond donors (Lipinski definition) is 1. The minimum Gasteiger partial charge on any atom is -0.327 e. The predicted molar refractivity (Wildman–Crippen MR) is 73.8 cm³/mol. The molecule has 19 heavy (non-hydrogen) atoms. The van der Waals surface area contributed by atoms with Crippen LogP contribution < -0.4 is 5.73 Å². The van der Waals surface area contributed by atoms with Gasteiger partial charge in [0.2, 0.25) is 0 Å². The summed E-state index contributed by atoms with van der Waals surface area (Å²) in [5.74, 6) is -0.622. The third-order valence-electron chi connectivity index (χ3n) is 4.50. The zero-order valence-electron chi connectivity index (χ0n) is 11.8. The quantitative estimate of drug-likeness (QED) is 0.878. The second-order valence-corrected chi connectivity index (χ2v) is 6.49. The van der Waals surface area contributed by atoms with Crippen molar-refractivity contribution in [1.29, 1.82) is 0 Å². The second-order valence-electron chi connectivity index (χ2n) is 6.49. The monoisotopic (exact) mass is 267 g/mol. The van der Waals surface area contributed by atoms with Gasteiger partial charge in [-0.1, -0.05) is 26.7 Å². The standard InChI is InChI=1S/C16H23F2N/c1-16(2)6-4-3-5-14(16)15(19)9-11-7-12(17)10-13(18)8-11/h7-8,10,14-15H,3-6,9,19H2,1-2H3. The summed E-state index contributed by atoms with van der Waals surface area (Å²) < 4.78 is 26.4. The Kier molecular flexibility index (Phi) is 4.24. The molecule has 1 nitrogen and oxygen atoms in total. The molecule has 0 aromatic heterocycles. The molecule has 1 fully saturated rings. The van der Waals surface area contributed by atoms with Crippen LogP contribution in [0.2, 0.25) is 0 Å². The highest BCUT2D eigenvalue weighted by atomic mass is 19.1. The molecule has 0 spiro atoms. The van der Waals surface area contributed by atoms with Crippen molar-refractivity contribution < 1.29 is 8.78 Å². The molecule has 2 N–H and O–H groups in total. The predicted octanol–water partition coefficient (Wildman–Crippen LogP) is 4.05. The van der Waals surface area contributed by atoms with Crippen LogP contribution in [0.15, 0.2) is 18.2 Å². The van der Waals surface area contributed by atoms with Gasteiger partial charge in [0.1, 0.15) is 11.6 Å². The van der Waals surface area contributed by atoms with Crippen molar-refractivity contribution in [3.05, 3.63) is 35.4 Å². The molecule has 1 aromatic carbocycles. The zero-order chi connectivity index (χ0) is 14.0. The van der Waals surface area contributed by atoms with E-state index in [1.165, 1.54) is 31.4 Å².